The summed E-state index contributed by atoms with van der Waals surface area (Å²) < 4.78 is 31.0. The van der Waals surface area contributed by atoms with Gasteiger partial charge < -0.3 is 54.6 Å². The molecule has 42 heavy (non-hydrogen) atoms. The van der Waals surface area contributed by atoms with Crippen molar-refractivity contribution in [2.24, 2.45) is 23.5 Å². The Morgan fingerprint density at radius 2 is 1.48 bits per heavy atom. The predicted octanol–water partition coefficient (Wildman–Crippen LogP) is 1.86. The summed E-state index contributed by atoms with van der Waals surface area (Å²) in [4.78, 5) is 0. The van der Waals surface area contributed by atoms with Crippen LogP contribution < -0.4 is 5.73 Å². The normalized spacial score (nSPS) is 43.9. The van der Waals surface area contributed by atoms with Crippen LogP contribution in [-0.2, 0) is 23.4 Å². The molecule has 3 rings (SSSR count). The standard InChI is InChI=1S/C30H59NO10Si/c1-9-20-19(33)14-17(3)28(38-20)40-26-16(2)13-18(11-10-12-37-42(7,8)30(4,5)6)27(25(26)36)41-29-24(35)22(31)23(34)21(15-32)39-29/h16-29,32-36H,9-15,31H2,1-8H3/t16-,17+,18+,19-,20+,21+,22-,23+,24+,25-,26?,27-,28+,29+/m0/s1. The second-order valence-corrected chi connectivity index (χ2v) is 19.2. The molecule has 0 spiro atoms. The fraction of sp³-hybridized carbons (Fsp3) is 1.00. The van der Waals surface area contributed by atoms with E-state index < -0.39 is 76.3 Å². The monoisotopic (exact) mass is 621 g/mol. The fourth-order valence-electron chi connectivity index (χ4n) is 6.24. The molecule has 0 aromatic heterocycles. The smallest absolute Gasteiger partial charge is 0.191 e. The Morgan fingerprint density at radius 3 is 2.07 bits per heavy atom. The van der Waals surface area contributed by atoms with Crippen molar-refractivity contribution in [2.45, 2.75) is 159 Å². The van der Waals surface area contributed by atoms with E-state index in [1.165, 1.54) is 0 Å². The van der Waals surface area contributed by atoms with Crippen LogP contribution in [0.4, 0.5) is 0 Å². The summed E-state index contributed by atoms with van der Waals surface area (Å²) in [6.07, 6.45) is -5.46. The minimum atomic E-state index is -1.91. The van der Waals surface area contributed by atoms with Gasteiger partial charge in [0.1, 0.15) is 24.4 Å². The van der Waals surface area contributed by atoms with E-state index in [9.17, 15) is 25.5 Å². The third-order valence-electron chi connectivity index (χ3n) is 10.1. The van der Waals surface area contributed by atoms with Gasteiger partial charge in [-0.1, -0.05) is 41.5 Å². The van der Waals surface area contributed by atoms with E-state index in [0.29, 0.717) is 25.9 Å². The third kappa shape index (κ3) is 8.32. The molecule has 2 heterocycles. The van der Waals surface area contributed by atoms with E-state index in [4.69, 9.17) is 29.1 Å². The zero-order chi connectivity index (χ0) is 31.6. The number of rotatable bonds is 11. The lowest BCUT2D eigenvalue weighted by Crippen LogP contribution is -2.64. The molecule has 3 fully saturated rings. The Hall–Kier alpha value is -0.223. The first-order chi connectivity index (χ1) is 19.5. The highest BCUT2D eigenvalue weighted by molar-refractivity contribution is 6.74. The second kappa shape index (κ2) is 14.9. The molecule has 1 saturated carbocycles. The average molecular weight is 622 g/mol. The molecule has 0 aromatic rings. The lowest BCUT2D eigenvalue weighted by Gasteiger charge is -2.49. The van der Waals surface area contributed by atoms with Gasteiger partial charge in [-0.05, 0) is 62.1 Å². The van der Waals surface area contributed by atoms with Crippen LogP contribution >= 0.6 is 0 Å². The minimum absolute atomic E-state index is 0.0275. The molecule has 11 nitrogen and oxygen atoms in total. The summed E-state index contributed by atoms with van der Waals surface area (Å²) >= 11 is 0. The van der Waals surface area contributed by atoms with Gasteiger partial charge in [0.05, 0.1) is 37.1 Å². The van der Waals surface area contributed by atoms with Gasteiger partial charge in [-0.2, -0.15) is 0 Å². The second-order valence-electron chi connectivity index (χ2n) is 14.4. The molecule has 0 aromatic carbocycles. The summed E-state index contributed by atoms with van der Waals surface area (Å²) in [5.74, 6) is -0.195. The summed E-state index contributed by atoms with van der Waals surface area (Å²) in [6.45, 7) is 17.1. The van der Waals surface area contributed by atoms with E-state index in [2.05, 4.69) is 33.9 Å². The van der Waals surface area contributed by atoms with Crippen molar-refractivity contribution in [1.82, 2.24) is 0 Å². The van der Waals surface area contributed by atoms with Crippen molar-refractivity contribution < 1.29 is 48.9 Å². The molecule has 1 aliphatic carbocycles. The topological polar surface area (TPSA) is 173 Å². The van der Waals surface area contributed by atoms with Crippen LogP contribution in [0.3, 0.4) is 0 Å². The van der Waals surface area contributed by atoms with Crippen molar-refractivity contribution in [2.75, 3.05) is 13.2 Å². The van der Waals surface area contributed by atoms with Crippen LogP contribution in [0.2, 0.25) is 18.1 Å². The molecule has 248 valence electrons. The number of hydrogen-bond donors (Lipinski definition) is 6. The molecular formula is C30H59NO10Si. The Balaban J connectivity index is 1.77. The molecule has 0 bridgehead atoms. The molecule has 2 saturated heterocycles. The number of ether oxygens (including phenoxy) is 4. The van der Waals surface area contributed by atoms with Crippen molar-refractivity contribution in [3.05, 3.63) is 0 Å². The summed E-state index contributed by atoms with van der Waals surface area (Å²) in [7, 11) is -1.91. The van der Waals surface area contributed by atoms with E-state index in [1.807, 2.05) is 20.8 Å². The Labute approximate surface area is 253 Å². The molecule has 0 amide bonds. The first-order valence-electron chi connectivity index (χ1n) is 15.9. The van der Waals surface area contributed by atoms with Crippen LogP contribution in [0.15, 0.2) is 0 Å². The van der Waals surface area contributed by atoms with Crippen molar-refractivity contribution in [3.63, 3.8) is 0 Å². The van der Waals surface area contributed by atoms with Gasteiger partial charge in [-0.15, -0.1) is 0 Å². The Kier molecular flexibility index (Phi) is 12.9. The van der Waals surface area contributed by atoms with Gasteiger partial charge in [-0.3, -0.25) is 0 Å². The molecule has 14 atom stereocenters. The highest BCUT2D eigenvalue weighted by Crippen LogP contribution is 2.41. The Bertz CT molecular complexity index is 828. The van der Waals surface area contributed by atoms with Crippen LogP contribution in [0.25, 0.3) is 0 Å². The third-order valence-corrected chi connectivity index (χ3v) is 14.6. The predicted molar refractivity (Wildman–Crippen MR) is 160 cm³/mol. The molecule has 0 radical (unpaired) electrons. The van der Waals surface area contributed by atoms with Crippen molar-refractivity contribution >= 4 is 8.32 Å². The molecule has 12 heteroatoms. The molecule has 2 aliphatic heterocycles. The van der Waals surface area contributed by atoms with E-state index in [1.54, 1.807) is 0 Å². The van der Waals surface area contributed by atoms with E-state index in [0.717, 1.165) is 12.8 Å². The van der Waals surface area contributed by atoms with Gasteiger partial charge in [-0.25, -0.2) is 0 Å². The highest BCUT2D eigenvalue weighted by Gasteiger charge is 2.50. The quantitative estimate of drug-likeness (QED) is 0.147. The number of nitrogens with two attached hydrogens (primary N) is 1. The first kappa shape index (κ1) is 36.2. The Morgan fingerprint density at radius 1 is 0.857 bits per heavy atom. The average Bonchev–Trinajstić information content (AvgIpc) is 2.91. The van der Waals surface area contributed by atoms with Crippen LogP contribution in [0.5, 0.6) is 0 Å². The summed E-state index contributed by atoms with van der Waals surface area (Å²) in [5.41, 5.74) is 6.04. The number of hydrogen-bond acceptors (Lipinski definition) is 11. The van der Waals surface area contributed by atoms with Crippen molar-refractivity contribution in [1.29, 1.82) is 0 Å². The fourth-order valence-corrected chi connectivity index (χ4v) is 7.33. The zero-order valence-corrected chi connectivity index (χ0v) is 27.9. The first-order valence-corrected chi connectivity index (χ1v) is 18.8. The molecule has 1 unspecified atom stereocenters. The maximum absolute atomic E-state index is 11.8. The minimum Gasteiger partial charge on any atom is -0.417 e. The summed E-state index contributed by atoms with van der Waals surface area (Å²) in [6, 6.07) is -1.09. The van der Waals surface area contributed by atoms with Gasteiger partial charge in [0.2, 0.25) is 0 Å². The van der Waals surface area contributed by atoms with E-state index in [-0.39, 0.29) is 28.9 Å². The number of aliphatic hydroxyl groups is 5. The van der Waals surface area contributed by atoms with Gasteiger partial charge in [0.15, 0.2) is 20.9 Å². The largest absolute Gasteiger partial charge is 0.417 e. The van der Waals surface area contributed by atoms with Crippen LogP contribution in [0.1, 0.15) is 73.6 Å². The van der Waals surface area contributed by atoms with Crippen molar-refractivity contribution in [3.8, 4) is 0 Å². The maximum Gasteiger partial charge on any atom is 0.191 e. The van der Waals surface area contributed by atoms with Gasteiger partial charge in [0, 0.05) is 12.5 Å². The van der Waals surface area contributed by atoms with Crippen LogP contribution in [0, 0.1) is 17.8 Å². The maximum atomic E-state index is 11.8. The van der Waals surface area contributed by atoms with Gasteiger partial charge >= 0.3 is 0 Å². The molecule has 3 aliphatic rings. The van der Waals surface area contributed by atoms with E-state index >= 15 is 0 Å². The molecule has 7 N–H and O–H groups in total. The van der Waals surface area contributed by atoms with Crippen LogP contribution in [-0.4, -0.2) is 115 Å². The van der Waals surface area contributed by atoms with Gasteiger partial charge in [0.25, 0.3) is 0 Å². The lowest BCUT2D eigenvalue weighted by atomic mass is 9.74. The summed E-state index contributed by atoms with van der Waals surface area (Å²) in [5, 5.41) is 53.1. The lowest BCUT2D eigenvalue weighted by molar-refractivity contribution is -0.326. The zero-order valence-electron chi connectivity index (χ0n) is 26.9. The SMILES string of the molecule is CC[C@H]1O[C@H](OC2[C@@H](C)C[C@@H](CCCO[Si](C)(C)C(C)(C)C)[C@H](O[C@H]3O[C@H](CO)[C@@H](O)[C@H](N)[C@H]3O)[C@H]2O)[C@H](C)C[C@@H]1O. The highest BCUT2D eigenvalue weighted by atomic mass is 28.4. The molecular weight excluding hydrogens is 562 g/mol. The number of aliphatic hydroxyl groups excluding tert-OH is 5.